The molecule has 130 valence electrons. The van der Waals surface area contributed by atoms with Crippen LogP contribution in [0.2, 0.25) is 0 Å². The lowest BCUT2D eigenvalue weighted by molar-refractivity contribution is -0.121. The van der Waals surface area contributed by atoms with E-state index in [1.807, 2.05) is 56.3 Å². The van der Waals surface area contributed by atoms with Crippen LogP contribution in [-0.4, -0.2) is 17.0 Å². The van der Waals surface area contributed by atoms with Crippen LogP contribution < -0.4 is 10.1 Å². The van der Waals surface area contributed by atoms with Crippen LogP contribution in [0.15, 0.2) is 48.5 Å². The van der Waals surface area contributed by atoms with Crippen LogP contribution in [0.1, 0.15) is 30.8 Å². The number of aryl methyl sites for hydroxylation is 1. The van der Waals surface area contributed by atoms with Crippen molar-refractivity contribution in [2.45, 2.75) is 39.3 Å². The smallest absolute Gasteiger partial charge is 0.220 e. The summed E-state index contributed by atoms with van der Waals surface area (Å²) in [6.45, 7) is 4.53. The summed E-state index contributed by atoms with van der Waals surface area (Å²) in [6.07, 6.45) is 1.29. The summed E-state index contributed by atoms with van der Waals surface area (Å²) in [6, 6.07) is 15.9. The second kappa shape index (κ2) is 8.12. The number of thiazole rings is 1. The molecule has 4 nitrogen and oxygen atoms in total. The van der Waals surface area contributed by atoms with Crippen LogP contribution in [0.25, 0.3) is 10.2 Å². The van der Waals surface area contributed by atoms with E-state index < -0.39 is 0 Å². The lowest BCUT2D eigenvalue weighted by Crippen LogP contribution is -2.22. The first-order valence-electron chi connectivity index (χ1n) is 8.47. The van der Waals surface area contributed by atoms with Gasteiger partial charge in [-0.15, -0.1) is 11.3 Å². The standard InChI is InChI=1S/C20H22N2O2S/c1-14(2)24-16-9-7-15(8-10-16)13-21-19(23)11-12-20-22-17-5-3-4-6-18(17)25-20/h3-10,14H,11-13H2,1-2H3,(H,21,23). The van der Waals surface area contributed by atoms with Crippen molar-refractivity contribution in [1.82, 2.24) is 10.3 Å². The Morgan fingerprint density at radius 1 is 1.16 bits per heavy atom. The van der Waals surface area contributed by atoms with Gasteiger partial charge >= 0.3 is 0 Å². The van der Waals surface area contributed by atoms with Gasteiger partial charge in [-0.05, 0) is 43.7 Å². The Morgan fingerprint density at radius 3 is 2.64 bits per heavy atom. The highest BCUT2D eigenvalue weighted by Gasteiger charge is 2.07. The third-order valence-corrected chi connectivity index (χ3v) is 4.79. The maximum Gasteiger partial charge on any atom is 0.220 e. The van der Waals surface area contributed by atoms with Crippen LogP contribution in [0, 0.1) is 0 Å². The molecular weight excluding hydrogens is 332 g/mol. The van der Waals surface area contributed by atoms with Crippen molar-refractivity contribution in [3.8, 4) is 5.75 Å². The van der Waals surface area contributed by atoms with E-state index in [0.29, 0.717) is 19.4 Å². The predicted octanol–water partition coefficient (Wildman–Crippen LogP) is 4.33. The minimum atomic E-state index is 0.0433. The number of carbonyl (C=O) groups excluding carboxylic acids is 1. The van der Waals surface area contributed by atoms with Crippen molar-refractivity contribution in [3.63, 3.8) is 0 Å². The van der Waals surface area contributed by atoms with E-state index in [1.54, 1.807) is 11.3 Å². The van der Waals surface area contributed by atoms with Gasteiger partial charge in [-0.25, -0.2) is 4.98 Å². The molecule has 0 aliphatic rings. The van der Waals surface area contributed by atoms with Gasteiger partial charge in [0.1, 0.15) is 5.75 Å². The zero-order valence-corrected chi connectivity index (χ0v) is 15.3. The molecule has 0 aliphatic heterocycles. The maximum atomic E-state index is 12.1. The monoisotopic (exact) mass is 354 g/mol. The summed E-state index contributed by atoms with van der Waals surface area (Å²) in [5.41, 5.74) is 2.07. The van der Waals surface area contributed by atoms with Crippen molar-refractivity contribution in [2.75, 3.05) is 0 Å². The van der Waals surface area contributed by atoms with Gasteiger partial charge in [-0.2, -0.15) is 0 Å². The molecule has 0 spiro atoms. The van der Waals surface area contributed by atoms with Gasteiger partial charge in [-0.1, -0.05) is 24.3 Å². The fourth-order valence-electron chi connectivity index (χ4n) is 2.49. The van der Waals surface area contributed by atoms with E-state index in [9.17, 15) is 4.79 Å². The summed E-state index contributed by atoms with van der Waals surface area (Å²) in [5.74, 6) is 0.891. The Kier molecular flexibility index (Phi) is 5.66. The second-order valence-corrected chi connectivity index (χ2v) is 7.28. The number of aromatic nitrogens is 1. The highest BCUT2D eigenvalue weighted by molar-refractivity contribution is 7.18. The zero-order chi connectivity index (χ0) is 17.6. The number of ether oxygens (including phenoxy) is 1. The lowest BCUT2D eigenvalue weighted by atomic mass is 10.2. The largest absolute Gasteiger partial charge is 0.491 e. The molecule has 0 aliphatic carbocycles. The first kappa shape index (κ1) is 17.4. The van der Waals surface area contributed by atoms with Crippen molar-refractivity contribution in [2.24, 2.45) is 0 Å². The summed E-state index contributed by atoms with van der Waals surface area (Å²) in [5, 5.41) is 3.97. The number of carbonyl (C=O) groups is 1. The Hall–Kier alpha value is -2.40. The van der Waals surface area contributed by atoms with E-state index in [4.69, 9.17) is 4.74 Å². The van der Waals surface area contributed by atoms with Gasteiger partial charge in [0.2, 0.25) is 5.91 Å². The molecular formula is C20H22N2O2S. The number of nitrogens with zero attached hydrogens (tertiary/aromatic N) is 1. The van der Waals surface area contributed by atoms with Crippen molar-refractivity contribution < 1.29 is 9.53 Å². The predicted molar refractivity (Wildman–Crippen MR) is 102 cm³/mol. The molecule has 0 fully saturated rings. The van der Waals surface area contributed by atoms with Crippen LogP contribution in [0.3, 0.4) is 0 Å². The summed E-state index contributed by atoms with van der Waals surface area (Å²) in [7, 11) is 0. The van der Waals surface area contributed by atoms with Gasteiger partial charge in [0.05, 0.1) is 21.3 Å². The zero-order valence-electron chi connectivity index (χ0n) is 14.5. The molecule has 1 amide bonds. The molecule has 0 bridgehead atoms. The maximum absolute atomic E-state index is 12.1. The molecule has 3 aromatic rings. The number of hydrogen-bond donors (Lipinski definition) is 1. The molecule has 1 aromatic heterocycles. The fourth-order valence-corrected chi connectivity index (χ4v) is 3.46. The average Bonchev–Trinajstić information content (AvgIpc) is 3.02. The van der Waals surface area contributed by atoms with Crippen LogP contribution in [0.5, 0.6) is 5.75 Å². The van der Waals surface area contributed by atoms with E-state index in [1.165, 1.54) is 4.70 Å². The van der Waals surface area contributed by atoms with E-state index in [0.717, 1.165) is 21.8 Å². The van der Waals surface area contributed by atoms with Crippen molar-refractivity contribution >= 4 is 27.5 Å². The third kappa shape index (κ3) is 5.03. The van der Waals surface area contributed by atoms with Crippen LogP contribution in [-0.2, 0) is 17.8 Å². The summed E-state index contributed by atoms with van der Waals surface area (Å²) in [4.78, 5) is 16.6. The van der Waals surface area contributed by atoms with Crippen LogP contribution >= 0.6 is 11.3 Å². The second-order valence-electron chi connectivity index (χ2n) is 6.16. The minimum absolute atomic E-state index is 0.0433. The summed E-state index contributed by atoms with van der Waals surface area (Å²) < 4.78 is 6.78. The molecule has 0 unspecified atom stereocenters. The summed E-state index contributed by atoms with van der Waals surface area (Å²) >= 11 is 1.66. The Balaban J connectivity index is 1.46. The quantitative estimate of drug-likeness (QED) is 0.687. The van der Waals surface area contributed by atoms with Gasteiger partial charge < -0.3 is 10.1 Å². The molecule has 1 heterocycles. The Bertz CT molecular complexity index is 807. The number of benzene rings is 2. The molecule has 0 radical (unpaired) electrons. The van der Waals surface area contributed by atoms with Gasteiger partial charge in [0.15, 0.2) is 0 Å². The van der Waals surface area contributed by atoms with E-state index >= 15 is 0 Å². The number of hydrogen-bond acceptors (Lipinski definition) is 4. The SMILES string of the molecule is CC(C)Oc1ccc(CNC(=O)CCc2nc3ccccc3s2)cc1. The Morgan fingerprint density at radius 2 is 1.92 bits per heavy atom. The molecule has 25 heavy (non-hydrogen) atoms. The number of nitrogens with one attached hydrogen (secondary N) is 1. The molecule has 3 rings (SSSR count). The topological polar surface area (TPSA) is 51.2 Å². The van der Waals surface area contributed by atoms with E-state index in [-0.39, 0.29) is 12.0 Å². The number of amides is 1. The van der Waals surface area contributed by atoms with Gasteiger partial charge in [0, 0.05) is 19.4 Å². The molecule has 5 heteroatoms. The first-order valence-corrected chi connectivity index (χ1v) is 9.28. The highest BCUT2D eigenvalue weighted by atomic mass is 32.1. The minimum Gasteiger partial charge on any atom is -0.491 e. The Labute approximate surface area is 151 Å². The molecule has 0 saturated heterocycles. The average molecular weight is 354 g/mol. The number of rotatable bonds is 7. The first-order chi connectivity index (χ1) is 12.1. The molecule has 2 aromatic carbocycles. The van der Waals surface area contributed by atoms with Gasteiger partial charge in [0.25, 0.3) is 0 Å². The van der Waals surface area contributed by atoms with Crippen molar-refractivity contribution in [3.05, 3.63) is 59.1 Å². The fraction of sp³-hybridized carbons (Fsp3) is 0.300. The van der Waals surface area contributed by atoms with E-state index in [2.05, 4.69) is 16.4 Å². The van der Waals surface area contributed by atoms with Crippen LogP contribution in [0.4, 0.5) is 0 Å². The normalized spacial score (nSPS) is 11.0. The highest BCUT2D eigenvalue weighted by Crippen LogP contribution is 2.22. The van der Waals surface area contributed by atoms with Crippen molar-refractivity contribution in [1.29, 1.82) is 0 Å². The molecule has 1 N–H and O–H groups in total. The third-order valence-electron chi connectivity index (χ3n) is 3.69. The lowest BCUT2D eigenvalue weighted by Gasteiger charge is -2.10. The van der Waals surface area contributed by atoms with Gasteiger partial charge in [-0.3, -0.25) is 4.79 Å². The molecule has 0 saturated carbocycles. The number of fused-ring (bicyclic) bond motifs is 1. The molecule has 0 atom stereocenters. The number of para-hydroxylation sites is 1.